The molecular weight excluding hydrogens is 315 g/mol. The van der Waals surface area contributed by atoms with Crippen molar-refractivity contribution in [1.82, 2.24) is 9.88 Å². The van der Waals surface area contributed by atoms with Gasteiger partial charge in [0.05, 0.1) is 6.20 Å². The molecule has 0 aliphatic carbocycles. The second-order valence-corrected chi connectivity index (χ2v) is 6.01. The van der Waals surface area contributed by atoms with Crippen molar-refractivity contribution in [3.8, 4) is 11.5 Å². The van der Waals surface area contributed by atoms with E-state index in [1.165, 1.54) is 12.1 Å². The number of benzene rings is 2. The summed E-state index contributed by atoms with van der Waals surface area (Å²) in [5.41, 5.74) is 2.25. The lowest BCUT2D eigenvalue weighted by Gasteiger charge is -2.19. The van der Waals surface area contributed by atoms with Crippen LogP contribution in [0.25, 0.3) is 0 Å². The van der Waals surface area contributed by atoms with Crippen molar-refractivity contribution in [3.63, 3.8) is 0 Å². The first kappa shape index (κ1) is 17.1. The molecule has 0 atom stereocenters. The molecule has 0 aliphatic rings. The Balaban J connectivity index is 1.61. The van der Waals surface area contributed by atoms with Gasteiger partial charge in [-0.05, 0) is 49.4 Å². The topological polar surface area (TPSA) is 25.4 Å². The molecule has 0 bridgehead atoms. The Morgan fingerprint density at radius 3 is 2.56 bits per heavy atom. The molecule has 3 nitrogen and oxygen atoms in total. The van der Waals surface area contributed by atoms with Crippen LogP contribution >= 0.6 is 0 Å². The zero-order valence-corrected chi connectivity index (χ0v) is 14.2. The van der Waals surface area contributed by atoms with Gasteiger partial charge in [-0.1, -0.05) is 30.3 Å². The monoisotopic (exact) mass is 336 g/mol. The number of rotatable bonds is 7. The summed E-state index contributed by atoms with van der Waals surface area (Å²) < 4.78 is 18.9. The molecule has 0 amide bonds. The van der Waals surface area contributed by atoms with Crippen LogP contribution < -0.4 is 4.74 Å². The van der Waals surface area contributed by atoms with Gasteiger partial charge < -0.3 is 9.64 Å². The van der Waals surface area contributed by atoms with Crippen molar-refractivity contribution >= 4 is 0 Å². The highest BCUT2D eigenvalue weighted by atomic mass is 19.1. The van der Waals surface area contributed by atoms with E-state index < -0.39 is 0 Å². The smallest absolute Gasteiger partial charge is 0.145 e. The van der Waals surface area contributed by atoms with E-state index in [1.54, 1.807) is 12.4 Å². The lowest BCUT2D eigenvalue weighted by Crippen LogP contribution is -2.21. The van der Waals surface area contributed by atoms with Crippen LogP contribution in [0, 0.1) is 5.82 Å². The molecule has 1 aromatic heterocycles. The minimum Gasteiger partial charge on any atom is -0.455 e. The molecular formula is C21H21FN2O. The van der Waals surface area contributed by atoms with E-state index in [1.807, 2.05) is 42.5 Å². The molecule has 128 valence electrons. The predicted molar refractivity (Wildman–Crippen MR) is 97.2 cm³/mol. The fraction of sp³-hybridized carbons (Fsp3) is 0.190. The van der Waals surface area contributed by atoms with Crippen molar-refractivity contribution in [1.29, 1.82) is 0 Å². The third-order valence-electron chi connectivity index (χ3n) is 3.97. The van der Waals surface area contributed by atoms with Gasteiger partial charge in [0.15, 0.2) is 0 Å². The average molecular weight is 336 g/mol. The van der Waals surface area contributed by atoms with Crippen molar-refractivity contribution in [2.75, 3.05) is 13.6 Å². The van der Waals surface area contributed by atoms with Crippen molar-refractivity contribution in [2.45, 2.75) is 13.0 Å². The Kier molecular flexibility index (Phi) is 5.75. The highest BCUT2D eigenvalue weighted by Gasteiger charge is 2.08. The van der Waals surface area contributed by atoms with Crippen LogP contribution in [0.3, 0.4) is 0 Å². The Morgan fingerprint density at radius 1 is 1.00 bits per heavy atom. The lowest BCUT2D eigenvalue weighted by atomic mass is 10.1. The Morgan fingerprint density at radius 2 is 1.80 bits per heavy atom. The minimum absolute atomic E-state index is 0.196. The Bertz CT molecular complexity index is 791. The Hall–Kier alpha value is -2.72. The molecule has 4 heteroatoms. The summed E-state index contributed by atoms with van der Waals surface area (Å²) in [5.74, 6) is 1.37. The summed E-state index contributed by atoms with van der Waals surface area (Å²) >= 11 is 0. The number of hydrogen-bond donors (Lipinski definition) is 0. The Labute approximate surface area is 147 Å². The van der Waals surface area contributed by atoms with Gasteiger partial charge in [-0.15, -0.1) is 0 Å². The van der Waals surface area contributed by atoms with E-state index in [2.05, 4.69) is 23.0 Å². The summed E-state index contributed by atoms with van der Waals surface area (Å²) in [7, 11) is 2.07. The first-order valence-electron chi connectivity index (χ1n) is 8.29. The zero-order valence-electron chi connectivity index (χ0n) is 14.2. The number of pyridine rings is 1. The highest BCUT2D eigenvalue weighted by Crippen LogP contribution is 2.25. The van der Waals surface area contributed by atoms with Crippen molar-refractivity contribution < 1.29 is 9.13 Å². The van der Waals surface area contributed by atoms with Gasteiger partial charge in [0.25, 0.3) is 0 Å². The first-order valence-corrected chi connectivity index (χ1v) is 8.29. The van der Waals surface area contributed by atoms with Gasteiger partial charge in [-0.25, -0.2) is 4.39 Å². The molecule has 0 saturated carbocycles. The predicted octanol–water partition coefficient (Wildman–Crippen LogP) is 4.69. The van der Waals surface area contributed by atoms with Gasteiger partial charge in [-0.3, -0.25) is 4.98 Å². The van der Waals surface area contributed by atoms with E-state index in [-0.39, 0.29) is 5.82 Å². The molecule has 1 heterocycles. The maximum Gasteiger partial charge on any atom is 0.145 e. The number of hydrogen-bond acceptors (Lipinski definition) is 3. The second kappa shape index (κ2) is 8.40. The van der Waals surface area contributed by atoms with Gasteiger partial charge >= 0.3 is 0 Å². The molecule has 0 fully saturated rings. The number of halogens is 1. The first-order chi connectivity index (χ1) is 12.2. The fourth-order valence-electron chi connectivity index (χ4n) is 2.61. The van der Waals surface area contributed by atoms with E-state index >= 15 is 0 Å². The molecule has 3 aromatic rings. The van der Waals surface area contributed by atoms with Gasteiger partial charge in [0, 0.05) is 24.8 Å². The zero-order chi connectivity index (χ0) is 17.5. The van der Waals surface area contributed by atoms with Crippen LogP contribution in [-0.2, 0) is 13.0 Å². The van der Waals surface area contributed by atoms with Crippen molar-refractivity contribution in [3.05, 3.63) is 90.0 Å². The lowest BCUT2D eigenvalue weighted by molar-refractivity contribution is 0.325. The van der Waals surface area contributed by atoms with Crippen molar-refractivity contribution in [2.24, 2.45) is 0 Å². The number of para-hydroxylation sites is 1. The summed E-state index contributed by atoms with van der Waals surface area (Å²) in [5, 5.41) is 0. The minimum atomic E-state index is -0.196. The summed E-state index contributed by atoms with van der Waals surface area (Å²) in [6, 6.07) is 18.4. The molecule has 0 N–H and O–H groups in total. The second-order valence-electron chi connectivity index (χ2n) is 6.01. The van der Waals surface area contributed by atoms with Crippen LogP contribution in [0.4, 0.5) is 4.39 Å². The van der Waals surface area contributed by atoms with Crippen LogP contribution in [-0.4, -0.2) is 23.5 Å². The van der Waals surface area contributed by atoms with E-state index in [4.69, 9.17) is 4.74 Å². The van der Waals surface area contributed by atoms with E-state index in [0.717, 1.165) is 42.1 Å². The number of nitrogens with zero attached hydrogens (tertiary/aromatic N) is 2. The fourth-order valence-corrected chi connectivity index (χ4v) is 2.61. The molecule has 25 heavy (non-hydrogen) atoms. The largest absolute Gasteiger partial charge is 0.455 e. The number of likely N-dealkylation sites (N-methyl/N-ethyl adjacent to an activating group) is 1. The van der Waals surface area contributed by atoms with Gasteiger partial charge in [-0.2, -0.15) is 0 Å². The van der Waals surface area contributed by atoms with Crippen LogP contribution in [0.1, 0.15) is 11.1 Å². The molecule has 3 rings (SSSR count). The summed E-state index contributed by atoms with van der Waals surface area (Å²) in [6.07, 6.45) is 4.30. The van der Waals surface area contributed by atoms with Crippen LogP contribution in [0.5, 0.6) is 11.5 Å². The van der Waals surface area contributed by atoms with Crippen LogP contribution in [0.15, 0.2) is 73.1 Å². The summed E-state index contributed by atoms with van der Waals surface area (Å²) in [4.78, 5) is 6.31. The molecule has 0 saturated heterocycles. The standard InChI is InChI=1S/C21H21FN2O/c1-24(14-12-17-8-10-19(22)11-9-17)16-18-5-2-3-7-21(18)25-20-6-4-13-23-15-20/h2-11,13,15H,12,14,16H2,1H3. The molecule has 0 spiro atoms. The normalized spacial score (nSPS) is 10.8. The average Bonchev–Trinajstić information content (AvgIpc) is 2.64. The third kappa shape index (κ3) is 5.13. The molecule has 0 radical (unpaired) electrons. The highest BCUT2D eigenvalue weighted by molar-refractivity contribution is 5.37. The molecule has 2 aromatic carbocycles. The molecule has 0 aliphatic heterocycles. The van der Waals surface area contributed by atoms with E-state index in [0.29, 0.717) is 0 Å². The third-order valence-corrected chi connectivity index (χ3v) is 3.97. The maximum atomic E-state index is 13.0. The number of ether oxygens (including phenoxy) is 1. The van der Waals surface area contributed by atoms with Gasteiger partial charge in [0.2, 0.25) is 0 Å². The quantitative estimate of drug-likeness (QED) is 0.626. The number of aromatic nitrogens is 1. The van der Waals surface area contributed by atoms with E-state index in [9.17, 15) is 4.39 Å². The van der Waals surface area contributed by atoms with Crippen LogP contribution in [0.2, 0.25) is 0 Å². The molecule has 0 unspecified atom stereocenters. The van der Waals surface area contributed by atoms with Gasteiger partial charge in [0.1, 0.15) is 17.3 Å². The SMILES string of the molecule is CN(CCc1ccc(F)cc1)Cc1ccccc1Oc1cccnc1. The maximum absolute atomic E-state index is 13.0. The summed E-state index contributed by atoms with van der Waals surface area (Å²) in [6.45, 7) is 1.66.